The average Bonchev–Trinajstić information content (AvgIpc) is 2.47. The van der Waals surface area contributed by atoms with Gasteiger partial charge in [0.1, 0.15) is 5.82 Å². The maximum absolute atomic E-state index is 13.5. The zero-order chi connectivity index (χ0) is 14.1. The highest BCUT2D eigenvalue weighted by molar-refractivity contribution is 6.34. The van der Waals surface area contributed by atoms with Gasteiger partial charge in [-0.05, 0) is 11.6 Å². The first kappa shape index (κ1) is 13.8. The van der Waals surface area contributed by atoms with E-state index in [2.05, 4.69) is 15.1 Å². The van der Waals surface area contributed by atoms with Crippen molar-refractivity contribution in [3.63, 3.8) is 0 Å². The highest BCUT2D eigenvalue weighted by Crippen LogP contribution is 2.37. The summed E-state index contributed by atoms with van der Waals surface area (Å²) < 4.78 is 19.4. The Balaban J connectivity index is 1.85. The van der Waals surface area contributed by atoms with Crippen LogP contribution in [0, 0.1) is 12.4 Å². The van der Waals surface area contributed by atoms with E-state index in [1.807, 2.05) is 0 Å². The van der Waals surface area contributed by atoms with Gasteiger partial charge in [-0.3, -0.25) is 4.90 Å². The van der Waals surface area contributed by atoms with Crippen LogP contribution in [0.5, 0.6) is 0 Å². The number of halogens is 2. The summed E-state index contributed by atoms with van der Waals surface area (Å²) in [7, 11) is 0. The Hall–Kier alpha value is -1.19. The number of ether oxygens (including phenoxy) is 1. The maximum atomic E-state index is 13.5. The number of hydrogen-bond donors (Lipinski definition) is 1. The number of morpholine rings is 1. The Morgan fingerprint density at radius 3 is 3.15 bits per heavy atom. The van der Waals surface area contributed by atoms with Gasteiger partial charge in [0.2, 0.25) is 5.69 Å². The van der Waals surface area contributed by atoms with Gasteiger partial charge in [-0.25, -0.2) is 9.24 Å². The molecule has 0 aromatic heterocycles. The molecular formula is C14H15ClFN3O. The molecule has 2 aliphatic rings. The standard InChI is InChI=1S/C14H15ClFN3O/c1-17-14-11(16)3-2-10(13(14)15)12-7-19-5-4-18-6-9(19)8-20-12/h2-3,9,12,18H,4-8H2/t9-,12+/m0/s1. The lowest BCUT2D eigenvalue weighted by Crippen LogP contribution is -2.57. The first-order valence-corrected chi connectivity index (χ1v) is 7.00. The van der Waals surface area contributed by atoms with E-state index in [-0.39, 0.29) is 16.8 Å². The van der Waals surface area contributed by atoms with Crippen LogP contribution in [0.2, 0.25) is 5.02 Å². The molecular weight excluding hydrogens is 281 g/mol. The van der Waals surface area contributed by atoms with Crippen LogP contribution >= 0.6 is 11.6 Å². The van der Waals surface area contributed by atoms with Crippen molar-refractivity contribution in [2.24, 2.45) is 0 Å². The molecule has 0 saturated carbocycles. The lowest BCUT2D eigenvalue weighted by atomic mass is 10.0. The molecule has 2 aliphatic heterocycles. The molecule has 6 heteroatoms. The van der Waals surface area contributed by atoms with Gasteiger partial charge in [-0.15, -0.1) is 0 Å². The zero-order valence-electron chi connectivity index (χ0n) is 10.9. The summed E-state index contributed by atoms with van der Waals surface area (Å²) >= 11 is 6.16. The zero-order valence-corrected chi connectivity index (χ0v) is 11.7. The molecule has 0 bridgehead atoms. The molecule has 1 N–H and O–H groups in total. The van der Waals surface area contributed by atoms with Crippen molar-refractivity contribution in [3.05, 3.63) is 40.0 Å². The van der Waals surface area contributed by atoms with Crippen LogP contribution in [0.1, 0.15) is 11.7 Å². The van der Waals surface area contributed by atoms with E-state index in [0.29, 0.717) is 18.2 Å². The Labute approximate surface area is 122 Å². The van der Waals surface area contributed by atoms with E-state index >= 15 is 0 Å². The molecule has 0 aliphatic carbocycles. The van der Waals surface area contributed by atoms with Gasteiger partial charge in [0, 0.05) is 32.2 Å². The SMILES string of the molecule is [C-]#[N+]c1c(F)ccc([C@H]2CN3CCNC[C@H]3CO2)c1Cl. The minimum Gasteiger partial charge on any atom is -0.371 e. The van der Waals surface area contributed by atoms with Crippen molar-refractivity contribution in [3.8, 4) is 0 Å². The Morgan fingerprint density at radius 1 is 1.50 bits per heavy atom. The average molecular weight is 296 g/mol. The van der Waals surface area contributed by atoms with E-state index in [1.54, 1.807) is 6.07 Å². The van der Waals surface area contributed by atoms with E-state index in [1.165, 1.54) is 6.07 Å². The number of piperazine rings is 1. The molecule has 0 amide bonds. The normalized spacial score (nSPS) is 26.9. The fourth-order valence-electron chi connectivity index (χ4n) is 2.80. The van der Waals surface area contributed by atoms with Crippen molar-refractivity contribution in [1.82, 2.24) is 10.2 Å². The summed E-state index contributed by atoms with van der Waals surface area (Å²) in [4.78, 5) is 5.53. The Kier molecular flexibility index (Phi) is 3.90. The summed E-state index contributed by atoms with van der Waals surface area (Å²) in [5, 5.41) is 3.52. The summed E-state index contributed by atoms with van der Waals surface area (Å²) in [5.74, 6) is -0.579. The summed E-state index contributed by atoms with van der Waals surface area (Å²) in [6, 6.07) is 3.31. The van der Waals surface area contributed by atoms with Gasteiger partial charge in [0.15, 0.2) is 0 Å². The largest absolute Gasteiger partial charge is 0.371 e. The van der Waals surface area contributed by atoms with Crippen LogP contribution in [-0.2, 0) is 4.74 Å². The third-order valence-electron chi connectivity index (χ3n) is 3.92. The summed E-state index contributed by atoms with van der Waals surface area (Å²) in [6.45, 7) is 11.2. The van der Waals surface area contributed by atoms with Crippen molar-refractivity contribution >= 4 is 17.3 Å². The van der Waals surface area contributed by atoms with Gasteiger partial charge in [-0.1, -0.05) is 17.7 Å². The van der Waals surface area contributed by atoms with Crippen LogP contribution in [0.4, 0.5) is 10.1 Å². The molecule has 20 heavy (non-hydrogen) atoms. The van der Waals surface area contributed by atoms with Crippen LogP contribution in [0.3, 0.4) is 0 Å². The van der Waals surface area contributed by atoms with E-state index in [4.69, 9.17) is 22.9 Å². The summed E-state index contributed by atoms with van der Waals surface area (Å²) in [5.41, 5.74) is 0.589. The topological polar surface area (TPSA) is 28.9 Å². The Morgan fingerprint density at radius 2 is 2.35 bits per heavy atom. The van der Waals surface area contributed by atoms with Gasteiger partial charge >= 0.3 is 0 Å². The highest BCUT2D eigenvalue weighted by Gasteiger charge is 2.32. The highest BCUT2D eigenvalue weighted by atomic mass is 35.5. The number of fused-ring (bicyclic) bond motifs is 1. The molecule has 1 aromatic rings. The number of hydrogen-bond acceptors (Lipinski definition) is 3. The van der Waals surface area contributed by atoms with Crippen molar-refractivity contribution in [2.75, 3.05) is 32.8 Å². The Bertz CT molecular complexity index is 560. The minimum absolute atomic E-state index is 0.116. The van der Waals surface area contributed by atoms with Crippen LogP contribution in [0.15, 0.2) is 12.1 Å². The second-order valence-corrected chi connectivity index (χ2v) is 5.46. The monoisotopic (exact) mass is 295 g/mol. The quantitative estimate of drug-likeness (QED) is 0.807. The lowest BCUT2D eigenvalue weighted by Gasteiger charge is -2.43. The molecule has 0 spiro atoms. The number of nitrogens with one attached hydrogen (secondary N) is 1. The molecule has 1 aromatic carbocycles. The molecule has 106 valence electrons. The molecule has 0 radical (unpaired) electrons. The predicted molar refractivity (Wildman–Crippen MR) is 74.6 cm³/mol. The smallest absolute Gasteiger partial charge is 0.240 e. The molecule has 3 rings (SSSR count). The van der Waals surface area contributed by atoms with E-state index < -0.39 is 5.82 Å². The number of nitrogens with zero attached hydrogens (tertiary/aromatic N) is 2. The maximum Gasteiger partial charge on any atom is 0.240 e. The van der Waals surface area contributed by atoms with Crippen LogP contribution in [0.25, 0.3) is 4.85 Å². The van der Waals surface area contributed by atoms with Crippen molar-refractivity contribution < 1.29 is 9.13 Å². The number of benzene rings is 1. The van der Waals surface area contributed by atoms with Gasteiger partial charge in [0.25, 0.3) is 0 Å². The molecule has 2 heterocycles. The molecule has 4 nitrogen and oxygen atoms in total. The summed E-state index contributed by atoms with van der Waals surface area (Å²) in [6.07, 6.45) is -0.196. The van der Waals surface area contributed by atoms with E-state index in [0.717, 1.165) is 26.2 Å². The van der Waals surface area contributed by atoms with Gasteiger partial charge in [-0.2, -0.15) is 0 Å². The van der Waals surface area contributed by atoms with Crippen molar-refractivity contribution in [1.29, 1.82) is 0 Å². The minimum atomic E-state index is -0.579. The number of rotatable bonds is 1. The molecule has 2 atom stereocenters. The lowest BCUT2D eigenvalue weighted by molar-refractivity contribution is -0.0717. The molecule has 2 saturated heterocycles. The molecule has 2 fully saturated rings. The van der Waals surface area contributed by atoms with E-state index in [9.17, 15) is 4.39 Å². The second-order valence-electron chi connectivity index (χ2n) is 5.09. The first-order chi connectivity index (χ1) is 9.70. The van der Waals surface area contributed by atoms with Crippen LogP contribution < -0.4 is 5.32 Å². The third-order valence-corrected chi connectivity index (χ3v) is 4.31. The second kappa shape index (κ2) is 5.66. The fourth-order valence-corrected chi connectivity index (χ4v) is 3.11. The molecule has 0 unspecified atom stereocenters. The van der Waals surface area contributed by atoms with Crippen LogP contribution in [-0.4, -0.2) is 43.7 Å². The fraction of sp³-hybridized carbons (Fsp3) is 0.500. The third kappa shape index (κ3) is 2.40. The van der Waals surface area contributed by atoms with Gasteiger partial charge in [0.05, 0.1) is 24.3 Å². The van der Waals surface area contributed by atoms with Crippen molar-refractivity contribution in [2.45, 2.75) is 12.1 Å². The first-order valence-electron chi connectivity index (χ1n) is 6.62. The van der Waals surface area contributed by atoms with Gasteiger partial charge < -0.3 is 10.1 Å². The predicted octanol–water partition coefficient (Wildman–Crippen LogP) is 2.37.